The minimum absolute atomic E-state index is 0.0485. The summed E-state index contributed by atoms with van der Waals surface area (Å²) in [6.07, 6.45) is 1.12. The standard InChI is InChI=1S/C20H21N3O3/c1-14-5-3-6-15(11-14)9-10-18(24)21-13-19-22-23-20(26-19)16-7-4-8-17(12-16)25-2/h3-8,11-12H,9-10,13H2,1-2H3,(H,21,24). The van der Waals surface area contributed by atoms with Gasteiger partial charge >= 0.3 is 0 Å². The molecule has 1 aromatic heterocycles. The molecule has 134 valence electrons. The van der Waals surface area contributed by atoms with Gasteiger partial charge in [-0.1, -0.05) is 35.9 Å². The smallest absolute Gasteiger partial charge is 0.247 e. The van der Waals surface area contributed by atoms with Gasteiger partial charge in [0.05, 0.1) is 13.7 Å². The third kappa shape index (κ3) is 4.69. The fourth-order valence-corrected chi connectivity index (χ4v) is 2.59. The van der Waals surface area contributed by atoms with Gasteiger partial charge < -0.3 is 14.5 Å². The van der Waals surface area contributed by atoms with Crippen molar-refractivity contribution in [2.24, 2.45) is 0 Å². The van der Waals surface area contributed by atoms with E-state index in [0.717, 1.165) is 11.1 Å². The summed E-state index contributed by atoms with van der Waals surface area (Å²) in [7, 11) is 1.60. The first-order valence-electron chi connectivity index (χ1n) is 8.43. The van der Waals surface area contributed by atoms with Gasteiger partial charge in [0.2, 0.25) is 17.7 Å². The maximum absolute atomic E-state index is 12.0. The van der Waals surface area contributed by atoms with Crippen molar-refractivity contribution < 1.29 is 13.9 Å². The van der Waals surface area contributed by atoms with Gasteiger partial charge in [0.25, 0.3) is 0 Å². The largest absolute Gasteiger partial charge is 0.497 e. The van der Waals surface area contributed by atoms with Crippen LogP contribution >= 0.6 is 0 Å². The quantitative estimate of drug-likeness (QED) is 0.707. The van der Waals surface area contributed by atoms with E-state index < -0.39 is 0 Å². The molecule has 0 unspecified atom stereocenters. The maximum Gasteiger partial charge on any atom is 0.247 e. The SMILES string of the molecule is COc1cccc(-c2nnc(CNC(=O)CCc3cccc(C)c3)o2)c1. The van der Waals surface area contributed by atoms with Gasteiger partial charge in [-0.25, -0.2) is 0 Å². The molecule has 0 atom stereocenters. The van der Waals surface area contributed by atoms with Crippen LogP contribution in [-0.2, 0) is 17.8 Å². The Balaban J connectivity index is 1.52. The molecule has 1 N–H and O–H groups in total. The molecular formula is C20H21N3O3. The number of methoxy groups -OCH3 is 1. The van der Waals surface area contributed by atoms with Crippen LogP contribution < -0.4 is 10.1 Å². The van der Waals surface area contributed by atoms with Crippen molar-refractivity contribution in [3.63, 3.8) is 0 Å². The molecule has 0 radical (unpaired) electrons. The second kappa shape index (κ2) is 8.29. The van der Waals surface area contributed by atoms with Crippen molar-refractivity contribution in [1.82, 2.24) is 15.5 Å². The first-order chi connectivity index (χ1) is 12.6. The average molecular weight is 351 g/mol. The van der Waals surface area contributed by atoms with Crippen LogP contribution in [0.25, 0.3) is 11.5 Å². The minimum Gasteiger partial charge on any atom is -0.497 e. The Bertz CT molecular complexity index is 889. The second-order valence-corrected chi connectivity index (χ2v) is 6.00. The Kier molecular flexibility index (Phi) is 5.63. The summed E-state index contributed by atoms with van der Waals surface area (Å²) in [5, 5.41) is 10.8. The summed E-state index contributed by atoms with van der Waals surface area (Å²) < 4.78 is 10.8. The molecule has 0 aliphatic rings. The number of nitrogens with one attached hydrogen (secondary N) is 1. The van der Waals surface area contributed by atoms with E-state index in [1.807, 2.05) is 49.4 Å². The highest BCUT2D eigenvalue weighted by molar-refractivity contribution is 5.76. The van der Waals surface area contributed by atoms with Gasteiger partial charge in [-0.05, 0) is 37.1 Å². The van der Waals surface area contributed by atoms with Crippen LogP contribution in [0.15, 0.2) is 52.9 Å². The van der Waals surface area contributed by atoms with E-state index in [0.29, 0.717) is 30.4 Å². The zero-order chi connectivity index (χ0) is 18.4. The van der Waals surface area contributed by atoms with Gasteiger partial charge in [0.15, 0.2) is 0 Å². The number of aryl methyl sites for hydroxylation is 2. The number of carbonyl (C=O) groups excluding carboxylic acids is 1. The second-order valence-electron chi connectivity index (χ2n) is 6.00. The van der Waals surface area contributed by atoms with E-state index in [1.165, 1.54) is 5.56 Å². The molecule has 6 heteroatoms. The summed E-state index contributed by atoms with van der Waals surface area (Å²) in [4.78, 5) is 12.0. The number of amides is 1. The Morgan fingerprint density at radius 3 is 2.81 bits per heavy atom. The third-order valence-electron chi connectivity index (χ3n) is 3.94. The van der Waals surface area contributed by atoms with Crippen molar-refractivity contribution in [1.29, 1.82) is 0 Å². The monoisotopic (exact) mass is 351 g/mol. The van der Waals surface area contributed by atoms with E-state index in [4.69, 9.17) is 9.15 Å². The number of carbonyl (C=O) groups is 1. The lowest BCUT2D eigenvalue weighted by molar-refractivity contribution is -0.121. The van der Waals surface area contributed by atoms with Crippen molar-refractivity contribution in [3.05, 3.63) is 65.5 Å². The zero-order valence-electron chi connectivity index (χ0n) is 14.9. The van der Waals surface area contributed by atoms with E-state index in [2.05, 4.69) is 21.6 Å². The minimum atomic E-state index is -0.0485. The predicted octanol–water partition coefficient (Wildman–Crippen LogP) is 3.30. The Morgan fingerprint density at radius 1 is 1.15 bits per heavy atom. The number of nitrogens with zero attached hydrogens (tertiary/aromatic N) is 2. The molecule has 1 amide bonds. The van der Waals surface area contributed by atoms with Crippen molar-refractivity contribution in [2.45, 2.75) is 26.3 Å². The molecule has 0 spiro atoms. The number of aromatic nitrogens is 2. The summed E-state index contributed by atoms with van der Waals surface area (Å²) in [6.45, 7) is 2.25. The highest BCUT2D eigenvalue weighted by atomic mass is 16.5. The number of rotatable bonds is 7. The molecule has 0 saturated heterocycles. The van der Waals surface area contributed by atoms with E-state index in [1.54, 1.807) is 7.11 Å². The third-order valence-corrected chi connectivity index (χ3v) is 3.94. The molecule has 0 aliphatic heterocycles. The number of ether oxygens (including phenoxy) is 1. The van der Waals surface area contributed by atoms with Crippen LogP contribution in [0.1, 0.15) is 23.4 Å². The molecule has 0 fully saturated rings. The number of hydrogen-bond acceptors (Lipinski definition) is 5. The van der Waals surface area contributed by atoms with Gasteiger partial charge in [-0.2, -0.15) is 0 Å². The Labute approximate surface area is 152 Å². The lowest BCUT2D eigenvalue weighted by Crippen LogP contribution is -2.23. The Hall–Kier alpha value is -3.15. The summed E-state index contributed by atoms with van der Waals surface area (Å²) in [5.74, 6) is 1.43. The summed E-state index contributed by atoms with van der Waals surface area (Å²) >= 11 is 0. The van der Waals surface area contributed by atoms with Gasteiger partial charge in [-0.15, -0.1) is 10.2 Å². The molecule has 26 heavy (non-hydrogen) atoms. The van der Waals surface area contributed by atoms with E-state index in [-0.39, 0.29) is 12.5 Å². The van der Waals surface area contributed by atoms with Gasteiger partial charge in [0.1, 0.15) is 5.75 Å². The van der Waals surface area contributed by atoms with Crippen molar-refractivity contribution >= 4 is 5.91 Å². The van der Waals surface area contributed by atoms with Crippen LogP contribution in [0.2, 0.25) is 0 Å². The lowest BCUT2D eigenvalue weighted by Gasteiger charge is -2.04. The van der Waals surface area contributed by atoms with Crippen LogP contribution in [0.4, 0.5) is 0 Å². The average Bonchev–Trinajstić information content (AvgIpc) is 3.14. The van der Waals surface area contributed by atoms with Crippen molar-refractivity contribution in [3.8, 4) is 17.2 Å². The fraction of sp³-hybridized carbons (Fsp3) is 0.250. The van der Waals surface area contributed by atoms with Crippen LogP contribution in [0, 0.1) is 6.92 Å². The molecule has 6 nitrogen and oxygen atoms in total. The first kappa shape index (κ1) is 17.7. The zero-order valence-corrected chi connectivity index (χ0v) is 14.9. The van der Waals surface area contributed by atoms with Crippen LogP contribution in [0.3, 0.4) is 0 Å². The topological polar surface area (TPSA) is 77.3 Å². The summed E-state index contributed by atoms with van der Waals surface area (Å²) in [5.41, 5.74) is 3.12. The normalized spacial score (nSPS) is 10.5. The molecular weight excluding hydrogens is 330 g/mol. The van der Waals surface area contributed by atoms with E-state index in [9.17, 15) is 4.79 Å². The van der Waals surface area contributed by atoms with Gasteiger partial charge in [0, 0.05) is 12.0 Å². The summed E-state index contributed by atoms with van der Waals surface area (Å²) in [6, 6.07) is 15.5. The van der Waals surface area contributed by atoms with Crippen LogP contribution in [-0.4, -0.2) is 23.2 Å². The molecule has 2 aromatic carbocycles. The molecule has 3 aromatic rings. The Morgan fingerprint density at radius 2 is 2.00 bits per heavy atom. The molecule has 0 bridgehead atoms. The fourth-order valence-electron chi connectivity index (χ4n) is 2.59. The van der Waals surface area contributed by atoms with Crippen LogP contribution in [0.5, 0.6) is 5.75 Å². The highest BCUT2D eigenvalue weighted by Crippen LogP contribution is 2.22. The highest BCUT2D eigenvalue weighted by Gasteiger charge is 2.10. The van der Waals surface area contributed by atoms with Gasteiger partial charge in [-0.3, -0.25) is 4.79 Å². The van der Waals surface area contributed by atoms with E-state index >= 15 is 0 Å². The first-order valence-corrected chi connectivity index (χ1v) is 8.43. The molecule has 0 saturated carbocycles. The number of hydrogen-bond donors (Lipinski definition) is 1. The number of benzene rings is 2. The molecule has 1 heterocycles. The molecule has 0 aliphatic carbocycles. The maximum atomic E-state index is 12.0. The lowest BCUT2D eigenvalue weighted by atomic mass is 10.1. The predicted molar refractivity (Wildman–Crippen MR) is 97.6 cm³/mol. The van der Waals surface area contributed by atoms with Crippen molar-refractivity contribution in [2.75, 3.05) is 7.11 Å². The molecule has 3 rings (SSSR count).